The summed E-state index contributed by atoms with van der Waals surface area (Å²) >= 11 is 6.48. The van der Waals surface area contributed by atoms with Crippen molar-refractivity contribution in [1.82, 2.24) is 15.2 Å². The van der Waals surface area contributed by atoms with Crippen LogP contribution in [0.4, 0.5) is 5.69 Å². The van der Waals surface area contributed by atoms with Gasteiger partial charge in [-0.2, -0.15) is 0 Å². The lowest BCUT2D eigenvalue weighted by molar-refractivity contribution is -0.122. The van der Waals surface area contributed by atoms with Crippen molar-refractivity contribution >= 4 is 62.9 Å². The third-order valence-corrected chi connectivity index (χ3v) is 5.44. The molecule has 0 aliphatic carbocycles. The number of hydrogen-bond acceptors (Lipinski definition) is 8. The van der Waals surface area contributed by atoms with E-state index in [1.165, 1.54) is 16.7 Å². The molecule has 1 N–H and O–H groups in total. The molecule has 29 heavy (non-hydrogen) atoms. The smallest absolute Gasteiger partial charge is 0.266 e. The summed E-state index contributed by atoms with van der Waals surface area (Å²) in [6.07, 6.45) is 6.82. The topological polar surface area (TPSA) is 101 Å². The zero-order valence-electron chi connectivity index (χ0n) is 14.9. The summed E-state index contributed by atoms with van der Waals surface area (Å²) in [5.74, 6) is 0.196. The second kappa shape index (κ2) is 8.41. The highest BCUT2D eigenvalue weighted by atomic mass is 32.2. The highest BCUT2D eigenvalue weighted by molar-refractivity contribution is 8.26. The van der Waals surface area contributed by atoms with E-state index >= 15 is 0 Å². The first-order valence-electron chi connectivity index (χ1n) is 8.58. The second-order valence-corrected chi connectivity index (χ2v) is 7.64. The van der Waals surface area contributed by atoms with E-state index in [0.717, 1.165) is 0 Å². The molecule has 1 aliphatic rings. The molecule has 3 heterocycles. The number of furan rings is 1. The minimum Gasteiger partial charge on any atom is -0.465 e. The molecule has 10 heteroatoms. The number of fused-ring (bicyclic) bond motifs is 1. The fourth-order valence-corrected chi connectivity index (χ4v) is 3.92. The first-order chi connectivity index (χ1) is 14.1. The highest BCUT2D eigenvalue weighted by Gasteiger charge is 2.31. The molecule has 1 fully saturated rings. The number of rotatable bonds is 6. The van der Waals surface area contributed by atoms with E-state index in [9.17, 15) is 9.59 Å². The van der Waals surface area contributed by atoms with Gasteiger partial charge in [0.1, 0.15) is 15.6 Å². The lowest BCUT2D eigenvalue weighted by atomic mass is 10.2. The van der Waals surface area contributed by atoms with Crippen LogP contribution in [-0.4, -0.2) is 37.9 Å². The van der Waals surface area contributed by atoms with E-state index < -0.39 is 0 Å². The van der Waals surface area contributed by atoms with Crippen molar-refractivity contribution in [1.29, 1.82) is 0 Å². The quantitative estimate of drug-likeness (QED) is 0.471. The van der Waals surface area contributed by atoms with Crippen LogP contribution >= 0.6 is 24.0 Å². The predicted octanol–water partition coefficient (Wildman–Crippen LogP) is 3.60. The van der Waals surface area contributed by atoms with Crippen LogP contribution in [-0.2, 0) is 9.59 Å². The van der Waals surface area contributed by atoms with E-state index in [1.54, 1.807) is 48.8 Å². The molecular weight excluding hydrogens is 412 g/mol. The predicted molar refractivity (Wildman–Crippen MR) is 113 cm³/mol. The summed E-state index contributed by atoms with van der Waals surface area (Å²) in [6, 6.07) is 8.77. The number of aromatic nitrogens is 2. The monoisotopic (exact) mass is 426 g/mol. The second-order valence-electron chi connectivity index (χ2n) is 5.97. The number of carbonyl (C=O) groups is 2. The number of allylic oxidation sites excluding steroid dienone is 2. The van der Waals surface area contributed by atoms with Gasteiger partial charge in [-0.1, -0.05) is 36.1 Å². The van der Waals surface area contributed by atoms with Crippen LogP contribution in [0.3, 0.4) is 0 Å². The Balaban J connectivity index is 1.35. The molecule has 0 saturated carbocycles. The summed E-state index contributed by atoms with van der Waals surface area (Å²) in [6.45, 7) is 0.183. The Labute approximate surface area is 174 Å². The standard InChI is InChI=1S/C19H14N4O4S2/c24-16(20-13-6-2-7-14-17(13)22-27-21-14)9-10-23-18(25)15(29-19(23)28)8-1-4-12-5-3-11-26-12/h1-8,11H,9-10H2,(H,20,24)/b4-1+,15-8-. The summed E-state index contributed by atoms with van der Waals surface area (Å²) in [5, 5.41) is 10.3. The van der Waals surface area contributed by atoms with Crippen LogP contribution in [0.5, 0.6) is 0 Å². The van der Waals surface area contributed by atoms with Crippen molar-refractivity contribution in [3.05, 3.63) is 59.4 Å². The van der Waals surface area contributed by atoms with E-state index in [1.807, 2.05) is 6.07 Å². The Kier molecular flexibility index (Phi) is 5.54. The molecule has 2 amide bonds. The van der Waals surface area contributed by atoms with Crippen LogP contribution in [0.15, 0.2) is 62.7 Å². The summed E-state index contributed by atoms with van der Waals surface area (Å²) in [4.78, 5) is 26.8. The molecule has 0 atom stereocenters. The van der Waals surface area contributed by atoms with Gasteiger partial charge in [0.05, 0.1) is 16.9 Å². The number of anilines is 1. The summed E-state index contributed by atoms with van der Waals surface area (Å²) in [7, 11) is 0. The molecule has 0 bridgehead atoms. The number of thioether (sulfide) groups is 1. The molecule has 1 saturated heterocycles. The molecule has 4 rings (SSSR count). The van der Waals surface area contributed by atoms with Gasteiger partial charge in [0.2, 0.25) is 5.91 Å². The fourth-order valence-electron chi connectivity index (χ4n) is 2.66. The Morgan fingerprint density at radius 1 is 1.28 bits per heavy atom. The van der Waals surface area contributed by atoms with Crippen LogP contribution in [0.1, 0.15) is 12.2 Å². The van der Waals surface area contributed by atoms with E-state index in [2.05, 4.69) is 20.3 Å². The molecule has 2 aromatic heterocycles. The van der Waals surface area contributed by atoms with Crippen LogP contribution < -0.4 is 5.32 Å². The normalized spacial score (nSPS) is 15.9. The third-order valence-electron chi connectivity index (χ3n) is 4.05. The molecule has 1 aliphatic heterocycles. The van der Waals surface area contributed by atoms with Gasteiger partial charge in [0.15, 0.2) is 5.52 Å². The largest absolute Gasteiger partial charge is 0.465 e. The third kappa shape index (κ3) is 4.28. The molecule has 0 radical (unpaired) electrons. The number of hydrogen-bond donors (Lipinski definition) is 1. The van der Waals surface area contributed by atoms with E-state index in [0.29, 0.717) is 31.7 Å². The van der Waals surface area contributed by atoms with Crippen molar-refractivity contribution in [2.24, 2.45) is 0 Å². The number of amides is 2. The average molecular weight is 426 g/mol. The van der Waals surface area contributed by atoms with E-state index in [-0.39, 0.29) is 24.8 Å². The maximum Gasteiger partial charge on any atom is 0.266 e. The van der Waals surface area contributed by atoms with Gasteiger partial charge in [0, 0.05) is 13.0 Å². The zero-order chi connectivity index (χ0) is 20.2. The SMILES string of the molecule is O=C(CCN1C(=O)/C(=C/C=C/c2ccco2)SC1=S)Nc1cccc2nonc12. The van der Waals surface area contributed by atoms with Crippen molar-refractivity contribution < 1.29 is 18.6 Å². The lowest BCUT2D eigenvalue weighted by Crippen LogP contribution is -2.31. The minimum atomic E-state index is -0.267. The van der Waals surface area contributed by atoms with Crippen molar-refractivity contribution in [2.45, 2.75) is 6.42 Å². The number of benzene rings is 1. The van der Waals surface area contributed by atoms with E-state index in [4.69, 9.17) is 16.6 Å². The Morgan fingerprint density at radius 3 is 3.00 bits per heavy atom. The Hall–Kier alpha value is -3.24. The first kappa shape index (κ1) is 19.1. The first-order valence-corrected chi connectivity index (χ1v) is 9.81. The van der Waals surface area contributed by atoms with Gasteiger partial charge in [0.25, 0.3) is 5.91 Å². The number of nitrogens with zero attached hydrogens (tertiary/aromatic N) is 3. The van der Waals surface area contributed by atoms with Crippen LogP contribution in [0.25, 0.3) is 17.1 Å². The lowest BCUT2D eigenvalue weighted by Gasteiger charge is -2.14. The average Bonchev–Trinajstić information content (AvgIpc) is 3.43. The van der Waals surface area contributed by atoms with Gasteiger partial charge >= 0.3 is 0 Å². The zero-order valence-corrected chi connectivity index (χ0v) is 16.5. The minimum absolute atomic E-state index is 0.0869. The Bertz CT molecular complexity index is 1130. The van der Waals surface area contributed by atoms with Crippen molar-refractivity contribution in [3.63, 3.8) is 0 Å². The molecule has 0 unspecified atom stereocenters. The van der Waals surface area contributed by atoms with Crippen LogP contribution in [0.2, 0.25) is 0 Å². The number of carbonyl (C=O) groups excluding carboxylic acids is 2. The molecule has 3 aromatic rings. The number of thiocarbonyl (C=S) groups is 1. The summed E-state index contributed by atoms with van der Waals surface area (Å²) < 4.78 is 10.3. The van der Waals surface area contributed by atoms with Gasteiger partial charge < -0.3 is 9.73 Å². The van der Waals surface area contributed by atoms with Crippen molar-refractivity contribution in [3.8, 4) is 0 Å². The van der Waals surface area contributed by atoms with Gasteiger partial charge in [-0.05, 0) is 46.7 Å². The molecule has 146 valence electrons. The van der Waals surface area contributed by atoms with Crippen molar-refractivity contribution in [2.75, 3.05) is 11.9 Å². The maximum atomic E-state index is 12.5. The van der Waals surface area contributed by atoms with Gasteiger partial charge in [-0.25, -0.2) is 4.63 Å². The summed E-state index contributed by atoms with van der Waals surface area (Å²) in [5.41, 5.74) is 1.52. The Morgan fingerprint density at radius 2 is 2.17 bits per heavy atom. The van der Waals surface area contributed by atoms with Crippen LogP contribution in [0, 0.1) is 0 Å². The molecule has 8 nitrogen and oxygen atoms in total. The fraction of sp³-hybridized carbons (Fsp3) is 0.105. The molecule has 0 spiro atoms. The van der Waals surface area contributed by atoms with Gasteiger partial charge in [-0.15, -0.1) is 0 Å². The molecular formula is C19H14N4O4S2. The maximum absolute atomic E-state index is 12.5. The molecule has 1 aromatic carbocycles. The van der Waals surface area contributed by atoms with Gasteiger partial charge in [-0.3, -0.25) is 14.5 Å². The highest BCUT2D eigenvalue weighted by Crippen LogP contribution is 2.31. The number of nitrogens with one attached hydrogen (secondary N) is 1.